The van der Waals surface area contributed by atoms with Crippen LogP contribution in [-0.2, 0) is 9.53 Å². The number of hydrogen-bond donors (Lipinski definition) is 4. The maximum absolute atomic E-state index is 13.5. The van der Waals surface area contributed by atoms with Crippen LogP contribution in [0.15, 0.2) is 89.9 Å². The van der Waals surface area contributed by atoms with Crippen LogP contribution in [0.3, 0.4) is 0 Å². The highest BCUT2D eigenvalue weighted by molar-refractivity contribution is 5.87. The molecule has 3 atom stereocenters. The smallest absolute Gasteiger partial charge is 0.318 e. The highest BCUT2D eigenvalue weighted by atomic mass is 16.5. The van der Waals surface area contributed by atoms with Crippen molar-refractivity contribution in [3.05, 3.63) is 112 Å². The number of hydrogen-bond acceptors (Lipinski definition) is 8. The monoisotopic (exact) mass is 707 g/mol. The SMILES string of the molecule is CN(/C=C\CCC1CCC1OC(=O)C1c2ccccc2Oc2ccccc21)CCCCCCCCCNCC(O)c1ccc(O)c2[nH]c(=O)ccc12. The van der Waals surface area contributed by atoms with Crippen molar-refractivity contribution >= 4 is 16.9 Å². The van der Waals surface area contributed by atoms with Gasteiger partial charge in [-0.25, -0.2) is 0 Å². The fraction of sp³-hybridized carbons (Fsp3) is 0.442. The van der Waals surface area contributed by atoms with Gasteiger partial charge < -0.3 is 34.9 Å². The highest BCUT2D eigenvalue weighted by Gasteiger charge is 2.39. The number of phenols is 1. The number of unbranched alkanes of at least 4 members (excludes halogenated alkanes) is 6. The van der Waals surface area contributed by atoms with Gasteiger partial charge in [-0.3, -0.25) is 9.59 Å². The topological polar surface area (TPSA) is 124 Å². The highest BCUT2D eigenvalue weighted by Crippen LogP contribution is 2.45. The maximum atomic E-state index is 13.5. The number of esters is 1. The van der Waals surface area contributed by atoms with E-state index in [1.54, 1.807) is 12.1 Å². The van der Waals surface area contributed by atoms with Gasteiger partial charge in [0.25, 0.3) is 0 Å². The normalized spacial score (nSPS) is 17.3. The molecular weight excluding hydrogens is 654 g/mol. The number of benzene rings is 3. The summed E-state index contributed by atoms with van der Waals surface area (Å²) in [6, 6.07) is 21.8. The van der Waals surface area contributed by atoms with E-state index < -0.39 is 12.0 Å². The van der Waals surface area contributed by atoms with Gasteiger partial charge in [0.1, 0.15) is 29.3 Å². The number of H-pyrrole nitrogens is 1. The van der Waals surface area contributed by atoms with Gasteiger partial charge >= 0.3 is 5.97 Å². The zero-order chi connectivity index (χ0) is 36.3. The molecule has 0 bridgehead atoms. The molecule has 1 fully saturated rings. The number of aromatic amines is 1. The molecule has 2 aliphatic rings. The van der Waals surface area contributed by atoms with Crippen molar-refractivity contribution in [2.24, 2.45) is 5.92 Å². The lowest BCUT2D eigenvalue weighted by atomic mass is 9.78. The minimum Gasteiger partial charge on any atom is -0.506 e. The lowest BCUT2D eigenvalue weighted by Gasteiger charge is -2.37. The maximum Gasteiger partial charge on any atom is 0.318 e. The summed E-state index contributed by atoms with van der Waals surface area (Å²) in [5.41, 5.74) is 2.49. The van der Waals surface area contributed by atoms with Gasteiger partial charge in [0.05, 0.1) is 11.6 Å². The quantitative estimate of drug-likeness (QED) is 0.0570. The van der Waals surface area contributed by atoms with Gasteiger partial charge in [0.15, 0.2) is 0 Å². The van der Waals surface area contributed by atoms with Crippen LogP contribution in [-0.4, -0.2) is 58.9 Å². The van der Waals surface area contributed by atoms with Crippen molar-refractivity contribution in [2.75, 3.05) is 26.7 Å². The molecule has 6 rings (SSSR count). The van der Waals surface area contributed by atoms with Crippen LogP contribution in [0.4, 0.5) is 0 Å². The number of aliphatic hydroxyl groups excluding tert-OH is 1. The van der Waals surface area contributed by atoms with E-state index in [1.165, 1.54) is 44.2 Å². The standard InChI is InChI=1S/C43H53N3O6/c1-46(27-13-6-4-2-3-5-12-26-44-29-36(48)31-21-23-35(47)42-32(31)22-25-40(49)45-42)28-14-11-15-30-20-24-37(30)52-43(50)41-33-16-7-9-18-38(33)51-39-19-10-8-17-34(39)41/h7-10,14,16-19,21-23,25,28,30,36-37,41,44,47-48H,2-6,11-13,15,20,24,26-27,29H2,1H3,(H,45,49)/b28-14-. The molecule has 0 spiro atoms. The molecule has 1 saturated carbocycles. The third-order valence-electron chi connectivity index (χ3n) is 10.6. The van der Waals surface area contributed by atoms with E-state index in [4.69, 9.17) is 9.47 Å². The van der Waals surface area contributed by atoms with Gasteiger partial charge in [-0.2, -0.15) is 0 Å². The number of aromatic nitrogens is 1. The summed E-state index contributed by atoms with van der Waals surface area (Å²) in [6.07, 6.45) is 16.1. The number of allylic oxidation sites excluding steroid dienone is 1. The Morgan fingerprint density at radius 2 is 1.63 bits per heavy atom. The van der Waals surface area contributed by atoms with Crippen molar-refractivity contribution in [1.29, 1.82) is 0 Å². The Bertz CT molecular complexity index is 1830. The lowest BCUT2D eigenvalue weighted by molar-refractivity contribution is -0.159. The zero-order valence-electron chi connectivity index (χ0n) is 30.3. The van der Waals surface area contributed by atoms with Crippen molar-refractivity contribution in [1.82, 2.24) is 15.2 Å². The van der Waals surface area contributed by atoms with E-state index in [0.29, 0.717) is 28.9 Å². The minimum absolute atomic E-state index is 0.00180. The minimum atomic E-state index is -0.727. The van der Waals surface area contributed by atoms with Gasteiger partial charge in [0, 0.05) is 42.7 Å². The Balaban J connectivity index is 0.791. The van der Waals surface area contributed by atoms with Crippen molar-refractivity contribution in [2.45, 2.75) is 88.8 Å². The predicted octanol–water partition coefficient (Wildman–Crippen LogP) is 8.07. The summed E-state index contributed by atoms with van der Waals surface area (Å²) in [6.45, 7) is 2.31. The number of carbonyl (C=O) groups excluding carboxylic acids is 1. The Kier molecular flexibility index (Phi) is 13.0. The molecule has 4 aromatic rings. The number of aromatic hydroxyl groups is 1. The van der Waals surface area contributed by atoms with Crippen LogP contribution >= 0.6 is 0 Å². The van der Waals surface area contributed by atoms with Gasteiger partial charge in [-0.1, -0.05) is 80.6 Å². The Labute approximate surface area is 306 Å². The second-order valence-corrected chi connectivity index (χ2v) is 14.3. The molecule has 2 heterocycles. The van der Waals surface area contributed by atoms with E-state index in [2.05, 4.69) is 34.5 Å². The van der Waals surface area contributed by atoms with E-state index in [0.717, 1.165) is 74.2 Å². The third kappa shape index (κ3) is 9.43. The Morgan fingerprint density at radius 3 is 2.35 bits per heavy atom. The Morgan fingerprint density at radius 1 is 0.942 bits per heavy atom. The van der Waals surface area contributed by atoms with Crippen LogP contribution in [0.1, 0.15) is 99.3 Å². The molecule has 3 unspecified atom stereocenters. The number of nitrogens with zero attached hydrogens (tertiary/aromatic N) is 1. The molecule has 0 radical (unpaired) electrons. The fourth-order valence-corrected chi connectivity index (χ4v) is 7.44. The summed E-state index contributed by atoms with van der Waals surface area (Å²) in [7, 11) is 2.14. The first-order valence-corrected chi connectivity index (χ1v) is 19.1. The summed E-state index contributed by atoms with van der Waals surface area (Å²) in [5.74, 6) is 1.22. The molecule has 1 aromatic heterocycles. The van der Waals surface area contributed by atoms with Crippen molar-refractivity contribution in [3.8, 4) is 17.2 Å². The second kappa shape index (κ2) is 18.2. The number of rotatable bonds is 19. The molecule has 9 heteroatoms. The molecule has 0 amide bonds. The number of phenolic OH excluding ortho intramolecular Hbond substituents is 1. The number of fused-ring (bicyclic) bond motifs is 3. The molecular formula is C43H53N3O6. The van der Waals surface area contributed by atoms with E-state index >= 15 is 0 Å². The van der Waals surface area contributed by atoms with Crippen LogP contribution in [0.5, 0.6) is 17.2 Å². The summed E-state index contributed by atoms with van der Waals surface area (Å²) < 4.78 is 12.2. The second-order valence-electron chi connectivity index (χ2n) is 14.3. The molecule has 0 saturated heterocycles. The molecule has 276 valence electrons. The van der Waals surface area contributed by atoms with E-state index in [9.17, 15) is 19.8 Å². The van der Waals surface area contributed by atoms with Gasteiger partial charge in [-0.05, 0) is 87.0 Å². The van der Waals surface area contributed by atoms with Gasteiger partial charge in [0.2, 0.25) is 5.56 Å². The van der Waals surface area contributed by atoms with Crippen LogP contribution in [0.25, 0.3) is 10.9 Å². The average Bonchev–Trinajstić information content (AvgIpc) is 3.14. The molecule has 4 N–H and O–H groups in total. The number of para-hydroxylation sites is 2. The predicted molar refractivity (Wildman–Crippen MR) is 205 cm³/mol. The Hall–Kier alpha value is -4.60. The molecule has 3 aromatic carbocycles. The first kappa shape index (κ1) is 37.2. The summed E-state index contributed by atoms with van der Waals surface area (Å²) in [4.78, 5) is 30.1. The molecule has 9 nitrogen and oxygen atoms in total. The van der Waals surface area contributed by atoms with E-state index in [-0.39, 0.29) is 23.4 Å². The first-order valence-electron chi connectivity index (χ1n) is 19.1. The lowest BCUT2D eigenvalue weighted by Crippen LogP contribution is -2.37. The molecule has 1 aliphatic carbocycles. The number of nitrogens with one attached hydrogen (secondary N) is 2. The molecule has 52 heavy (non-hydrogen) atoms. The van der Waals surface area contributed by atoms with E-state index in [1.807, 2.05) is 48.5 Å². The van der Waals surface area contributed by atoms with Crippen molar-refractivity contribution < 1.29 is 24.5 Å². The zero-order valence-corrected chi connectivity index (χ0v) is 30.3. The van der Waals surface area contributed by atoms with Crippen LogP contribution in [0.2, 0.25) is 0 Å². The van der Waals surface area contributed by atoms with Gasteiger partial charge in [-0.15, -0.1) is 0 Å². The third-order valence-corrected chi connectivity index (χ3v) is 10.6. The number of aliphatic hydroxyl groups is 1. The largest absolute Gasteiger partial charge is 0.506 e. The summed E-state index contributed by atoms with van der Waals surface area (Å²) in [5, 5.41) is 24.7. The number of pyridine rings is 1. The average molecular weight is 708 g/mol. The first-order chi connectivity index (χ1) is 25.4. The van der Waals surface area contributed by atoms with Crippen LogP contribution < -0.4 is 15.6 Å². The summed E-state index contributed by atoms with van der Waals surface area (Å²) >= 11 is 0. The fourth-order valence-electron chi connectivity index (χ4n) is 7.44. The van der Waals surface area contributed by atoms with Crippen molar-refractivity contribution in [3.63, 3.8) is 0 Å². The number of ether oxygens (including phenoxy) is 2. The molecule has 1 aliphatic heterocycles. The number of carbonyl (C=O) groups is 1. The van der Waals surface area contributed by atoms with Crippen LogP contribution in [0, 0.1) is 5.92 Å².